The SMILES string of the molecule is O=[N+]([O-])c1ccc(N/N=C2/C[C@H]3C=CC[C@H]23)c(S(=O)(=O)N2CCOCC2)c1. The lowest BCUT2D eigenvalue weighted by Crippen LogP contribution is -2.40. The highest BCUT2D eigenvalue weighted by atomic mass is 32.2. The summed E-state index contributed by atoms with van der Waals surface area (Å²) in [4.78, 5) is 10.4. The van der Waals surface area contributed by atoms with Crippen molar-refractivity contribution < 1.29 is 18.1 Å². The van der Waals surface area contributed by atoms with Gasteiger partial charge in [-0.05, 0) is 24.8 Å². The second kappa shape index (κ2) is 7.02. The van der Waals surface area contributed by atoms with Gasteiger partial charge in [-0.2, -0.15) is 9.41 Å². The Balaban J connectivity index is 1.64. The van der Waals surface area contributed by atoms with Crippen LogP contribution in [0.25, 0.3) is 0 Å². The summed E-state index contributed by atoms with van der Waals surface area (Å²) in [6.07, 6.45) is 6.12. The first kappa shape index (κ1) is 18.1. The number of non-ortho nitro benzene ring substituents is 1. The Hall–Kier alpha value is -2.30. The van der Waals surface area contributed by atoms with Gasteiger partial charge in [-0.1, -0.05) is 12.2 Å². The molecule has 2 atom stereocenters. The summed E-state index contributed by atoms with van der Waals surface area (Å²) in [6.45, 7) is 1.04. The third-order valence-corrected chi connectivity index (χ3v) is 7.19. The van der Waals surface area contributed by atoms with Crippen molar-refractivity contribution in [2.45, 2.75) is 17.7 Å². The summed E-state index contributed by atoms with van der Waals surface area (Å²) >= 11 is 0. The van der Waals surface area contributed by atoms with Crippen LogP contribution >= 0.6 is 0 Å². The smallest absolute Gasteiger partial charge is 0.270 e. The Kier molecular flexibility index (Phi) is 4.70. The van der Waals surface area contributed by atoms with Crippen LogP contribution in [-0.4, -0.2) is 49.7 Å². The summed E-state index contributed by atoms with van der Waals surface area (Å²) in [5.74, 6) is 0.911. The zero-order valence-electron chi connectivity index (χ0n) is 14.6. The van der Waals surface area contributed by atoms with Crippen LogP contribution in [-0.2, 0) is 14.8 Å². The first-order valence-corrected chi connectivity index (χ1v) is 10.3. The molecule has 1 saturated heterocycles. The number of ether oxygens (including phenoxy) is 1. The summed E-state index contributed by atoms with van der Waals surface area (Å²) in [6, 6.07) is 3.77. The van der Waals surface area contributed by atoms with E-state index in [1.54, 1.807) is 0 Å². The van der Waals surface area contributed by atoms with Crippen molar-refractivity contribution in [1.82, 2.24) is 4.31 Å². The van der Waals surface area contributed by atoms with Crippen molar-refractivity contribution in [3.05, 3.63) is 40.5 Å². The molecule has 1 aromatic rings. The predicted molar refractivity (Wildman–Crippen MR) is 99.1 cm³/mol. The lowest BCUT2D eigenvalue weighted by molar-refractivity contribution is -0.385. The average Bonchev–Trinajstić information content (AvgIpc) is 3.03. The highest BCUT2D eigenvalue weighted by molar-refractivity contribution is 7.89. The van der Waals surface area contributed by atoms with Gasteiger partial charge in [0.25, 0.3) is 5.69 Å². The standard InChI is InChI=1S/C17H20N4O5S/c22-21(23)13-4-5-15(18-19-16-10-12-2-1-3-14(12)16)17(11-13)27(24,25)20-6-8-26-9-7-20/h1-2,4-5,11-12,14,18H,3,6-10H2/b19-16-/t12-,14+/m1/s1. The molecule has 144 valence electrons. The van der Waals surface area contributed by atoms with Crippen LogP contribution in [0, 0.1) is 22.0 Å². The van der Waals surface area contributed by atoms with E-state index in [9.17, 15) is 18.5 Å². The van der Waals surface area contributed by atoms with Gasteiger partial charge in [0.05, 0.1) is 23.8 Å². The highest BCUT2D eigenvalue weighted by Crippen LogP contribution is 2.40. The van der Waals surface area contributed by atoms with Crippen molar-refractivity contribution in [2.24, 2.45) is 16.9 Å². The van der Waals surface area contributed by atoms with E-state index in [2.05, 4.69) is 22.7 Å². The molecule has 0 bridgehead atoms. The van der Waals surface area contributed by atoms with E-state index in [0.29, 0.717) is 25.0 Å². The highest BCUT2D eigenvalue weighted by Gasteiger charge is 2.38. The number of fused-ring (bicyclic) bond motifs is 1. The maximum absolute atomic E-state index is 13.0. The molecular formula is C17H20N4O5S. The van der Waals surface area contributed by atoms with Crippen molar-refractivity contribution in [3.8, 4) is 0 Å². The monoisotopic (exact) mass is 392 g/mol. The van der Waals surface area contributed by atoms with Gasteiger partial charge >= 0.3 is 0 Å². The molecule has 0 aromatic heterocycles. The van der Waals surface area contributed by atoms with Crippen LogP contribution in [0.5, 0.6) is 0 Å². The van der Waals surface area contributed by atoms with Gasteiger partial charge in [-0.15, -0.1) is 0 Å². The number of nitro benzene ring substituents is 1. The molecule has 2 aliphatic carbocycles. The number of hydrazone groups is 1. The molecule has 1 heterocycles. The zero-order valence-corrected chi connectivity index (χ0v) is 15.4. The normalized spacial score (nSPS) is 26.6. The molecule has 1 aromatic carbocycles. The molecule has 27 heavy (non-hydrogen) atoms. The number of nitrogens with zero attached hydrogens (tertiary/aromatic N) is 3. The Morgan fingerprint density at radius 3 is 2.78 bits per heavy atom. The molecule has 3 aliphatic rings. The minimum absolute atomic E-state index is 0.136. The van der Waals surface area contributed by atoms with Crippen molar-refractivity contribution in [1.29, 1.82) is 0 Å². The van der Waals surface area contributed by atoms with Crippen molar-refractivity contribution in [2.75, 3.05) is 31.7 Å². The third-order valence-electron chi connectivity index (χ3n) is 5.25. The number of hydrogen-bond acceptors (Lipinski definition) is 7. The largest absolute Gasteiger partial charge is 0.379 e. The van der Waals surface area contributed by atoms with E-state index in [0.717, 1.165) is 24.6 Å². The lowest BCUT2D eigenvalue weighted by atomic mass is 9.74. The van der Waals surface area contributed by atoms with Gasteiger partial charge in [0.2, 0.25) is 10.0 Å². The fraction of sp³-hybridized carbons (Fsp3) is 0.471. The molecule has 1 saturated carbocycles. The number of sulfonamides is 1. The van der Waals surface area contributed by atoms with Crippen LogP contribution in [0.4, 0.5) is 11.4 Å². The Bertz CT molecular complexity index is 921. The molecule has 0 amide bonds. The van der Waals surface area contributed by atoms with Gasteiger partial charge in [-0.25, -0.2) is 8.42 Å². The van der Waals surface area contributed by atoms with Gasteiger partial charge < -0.3 is 4.74 Å². The number of benzene rings is 1. The molecule has 9 nitrogen and oxygen atoms in total. The van der Waals surface area contributed by atoms with E-state index in [-0.39, 0.29) is 29.4 Å². The summed E-state index contributed by atoms with van der Waals surface area (Å²) < 4.78 is 32.6. The fourth-order valence-corrected chi connectivity index (χ4v) is 5.22. The van der Waals surface area contributed by atoms with Crippen LogP contribution in [0.15, 0.2) is 40.3 Å². The summed E-state index contributed by atoms with van der Waals surface area (Å²) in [7, 11) is -3.90. The second-order valence-corrected chi connectivity index (χ2v) is 8.71. The molecule has 0 unspecified atom stereocenters. The fourth-order valence-electron chi connectivity index (χ4n) is 3.65. The van der Waals surface area contributed by atoms with E-state index >= 15 is 0 Å². The minimum atomic E-state index is -3.90. The molecule has 4 rings (SSSR count). The van der Waals surface area contributed by atoms with E-state index in [1.807, 2.05) is 0 Å². The predicted octanol–water partition coefficient (Wildman–Crippen LogP) is 1.98. The van der Waals surface area contributed by atoms with E-state index in [1.165, 1.54) is 16.4 Å². The topological polar surface area (TPSA) is 114 Å². The summed E-state index contributed by atoms with van der Waals surface area (Å²) in [5.41, 5.74) is 3.81. The van der Waals surface area contributed by atoms with Gasteiger partial charge in [0.15, 0.2) is 0 Å². The average molecular weight is 392 g/mol. The maximum atomic E-state index is 13.0. The van der Waals surface area contributed by atoms with E-state index in [4.69, 9.17) is 4.74 Å². The number of hydrogen-bond donors (Lipinski definition) is 1. The van der Waals surface area contributed by atoms with Gasteiger partial charge in [0, 0.05) is 36.9 Å². The first-order valence-electron chi connectivity index (χ1n) is 8.82. The number of nitro groups is 1. The minimum Gasteiger partial charge on any atom is -0.379 e. The Morgan fingerprint density at radius 1 is 1.30 bits per heavy atom. The van der Waals surface area contributed by atoms with Crippen LogP contribution in [0.3, 0.4) is 0 Å². The summed E-state index contributed by atoms with van der Waals surface area (Å²) in [5, 5.41) is 15.5. The molecule has 0 radical (unpaired) electrons. The third kappa shape index (κ3) is 3.35. The maximum Gasteiger partial charge on any atom is 0.270 e. The number of anilines is 1. The first-order chi connectivity index (χ1) is 13.0. The number of nitrogens with one attached hydrogen (secondary N) is 1. The quantitative estimate of drug-likeness (QED) is 0.466. The van der Waals surface area contributed by atoms with Crippen molar-refractivity contribution >= 4 is 27.1 Å². The van der Waals surface area contributed by atoms with E-state index < -0.39 is 14.9 Å². The zero-order chi connectivity index (χ0) is 19.0. The van der Waals surface area contributed by atoms with Gasteiger partial charge in [0.1, 0.15) is 4.90 Å². The Morgan fingerprint density at radius 2 is 2.07 bits per heavy atom. The molecule has 0 spiro atoms. The van der Waals surface area contributed by atoms with Crippen LogP contribution < -0.4 is 5.43 Å². The molecule has 1 N–H and O–H groups in total. The van der Waals surface area contributed by atoms with Crippen LogP contribution in [0.2, 0.25) is 0 Å². The number of rotatable bonds is 5. The Labute approximate surface area is 156 Å². The molecule has 1 aliphatic heterocycles. The van der Waals surface area contributed by atoms with Crippen LogP contribution in [0.1, 0.15) is 12.8 Å². The van der Waals surface area contributed by atoms with Crippen molar-refractivity contribution in [3.63, 3.8) is 0 Å². The molecule has 10 heteroatoms. The number of allylic oxidation sites excluding steroid dienone is 2. The lowest BCUT2D eigenvalue weighted by Gasteiger charge is -2.32. The second-order valence-electron chi connectivity index (χ2n) is 6.81. The molecule has 2 fully saturated rings. The molecular weight excluding hydrogens is 372 g/mol. The number of morpholine rings is 1. The van der Waals surface area contributed by atoms with Gasteiger partial charge in [-0.3, -0.25) is 15.5 Å².